The fourth-order valence-electron chi connectivity index (χ4n) is 3.57. The number of amidine groups is 1. The van der Waals surface area contributed by atoms with Crippen molar-refractivity contribution in [3.8, 4) is 11.1 Å². The van der Waals surface area contributed by atoms with E-state index in [1.807, 2.05) is 0 Å². The number of azo groups is 1. The zero-order valence-electron chi connectivity index (χ0n) is 18.1. The summed E-state index contributed by atoms with van der Waals surface area (Å²) in [5, 5.41) is 13.3. The minimum absolute atomic E-state index is 0.0427. The van der Waals surface area contributed by atoms with Gasteiger partial charge in [-0.3, -0.25) is 0 Å². The van der Waals surface area contributed by atoms with E-state index in [1.165, 1.54) is 12.1 Å². The Bertz CT molecular complexity index is 1540. The summed E-state index contributed by atoms with van der Waals surface area (Å²) in [4.78, 5) is 10.1. The van der Waals surface area contributed by atoms with Gasteiger partial charge < -0.3 is 16.5 Å². The van der Waals surface area contributed by atoms with Gasteiger partial charge in [-0.1, -0.05) is 25.1 Å². The van der Waals surface area contributed by atoms with Crippen molar-refractivity contribution in [2.75, 3.05) is 18.9 Å². The van der Waals surface area contributed by atoms with E-state index in [0.29, 0.717) is 28.6 Å². The minimum atomic E-state index is -4.59. The molecule has 2 aromatic carbocycles. The van der Waals surface area contributed by atoms with Crippen molar-refractivity contribution in [1.82, 2.24) is 14.7 Å². The normalized spacial score (nSPS) is 15.1. The Hall–Kier alpha value is -3.24. The lowest BCUT2D eigenvalue weighted by atomic mass is 9.97. The van der Waals surface area contributed by atoms with Crippen LogP contribution in [0, 0.1) is 0 Å². The number of nitrogens with one attached hydrogen (secondary N) is 2. The highest BCUT2D eigenvalue weighted by atomic mass is 32.2. The number of fused-ring (bicyclic) bond motifs is 1. The van der Waals surface area contributed by atoms with E-state index in [4.69, 9.17) is 16.6 Å². The highest BCUT2D eigenvalue weighted by Gasteiger charge is 2.33. The van der Waals surface area contributed by atoms with Crippen molar-refractivity contribution >= 4 is 42.9 Å². The second kappa shape index (κ2) is 8.84. The van der Waals surface area contributed by atoms with Gasteiger partial charge in [0, 0.05) is 18.2 Å². The molecule has 0 unspecified atom stereocenters. The van der Waals surface area contributed by atoms with Crippen LogP contribution >= 0.6 is 0 Å². The van der Waals surface area contributed by atoms with Crippen molar-refractivity contribution < 1.29 is 16.8 Å². The van der Waals surface area contributed by atoms with Crippen LogP contribution in [0.1, 0.15) is 18.9 Å². The summed E-state index contributed by atoms with van der Waals surface area (Å²) in [7, 11) is -8.92. The number of hydrogen-bond donors (Lipinski definition) is 5. The standard InChI is InChI=1S/C19H23N9O4S2/c1-2-10(20)8-25-34(31,32)14-7-6-11(12-4-3-5-13-16(12)27-19(21)26-13)15(17(14)33(22,29)30)18-23-9-24-28-18/h3-7,10,25H,2,8-9,20H2,1H3,(H3,21,26,27)(H2,22,29,30)/t10-/m0/s1. The van der Waals surface area contributed by atoms with Gasteiger partial charge in [-0.15, -0.1) is 5.11 Å². The molecule has 0 bridgehead atoms. The van der Waals surface area contributed by atoms with Gasteiger partial charge in [0.25, 0.3) is 0 Å². The van der Waals surface area contributed by atoms with Gasteiger partial charge >= 0.3 is 0 Å². The third kappa shape index (κ3) is 4.43. The van der Waals surface area contributed by atoms with Crippen LogP contribution in [-0.2, 0) is 20.0 Å². The number of anilines is 1. The number of rotatable bonds is 8. The fraction of sp³-hybridized carbons (Fsp3) is 0.263. The lowest BCUT2D eigenvalue weighted by Gasteiger charge is -2.18. The number of aromatic nitrogens is 2. The number of nitrogen functional groups attached to an aromatic ring is 1. The van der Waals surface area contributed by atoms with Gasteiger partial charge in [0.15, 0.2) is 18.5 Å². The summed E-state index contributed by atoms with van der Waals surface area (Å²) in [6.45, 7) is 1.67. The summed E-state index contributed by atoms with van der Waals surface area (Å²) in [6.07, 6.45) is 0.517. The highest BCUT2D eigenvalue weighted by Crippen LogP contribution is 2.37. The molecule has 34 heavy (non-hydrogen) atoms. The van der Waals surface area contributed by atoms with Gasteiger partial charge in [0.1, 0.15) is 9.79 Å². The number of nitrogens with two attached hydrogens (primary N) is 3. The molecule has 1 atom stereocenters. The maximum absolute atomic E-state index is 13.1. The lowest BCUT2D eigenvalue weighted by molar-refractivity contribution is 0.559. The molecule has 0 radical (unpaired) electrons. The van der Waals surface area contributed by atoms with Gasteiger partial charge in [-0.25, -0.2) is 36.7 Å². The molecule has 0 aliphatic carbocycles. The van der Waals surface area contributed by atoms with Crippen LogP contribution in [0.2, 0.25) is 0 Å². The smallest absolute Gasteiger partial charge is 0.241 e. The summed E-state index contributed by atoms with van der Waals surface area (Å²) >= 11 is 0. The molecule has 2 heterocycles. The molecule has 0 spiro atoms. The molecule has 0 fully saturated rings. The van der Waals surface area contributed by atoms with Crippen molar-refractivity contribution in [3.05, 3.63) is 35.9 Å². The van der Waals surface area contributed by atoms with E-state index < -0.39 is 35.9 Å². The second-order valence-electron chi connectivity index (χ2n) is 7.57. The zero-order chi connectivity index (χ0) is 24.7. The van der Waals surface area contributed by atoms with Crippen molar-refractivity contribution in [2.24, 2.45) is 26.1 Å². The summed E-state index contributed by atoms with van der Waals surface area (Å²) in [6, 6.07) is 7.31. The fourth-order valence-corrected chi connectivity index (χ4v) is 6.26. The molecule has 180 valence electrons. The molecule has 1 aliphatic heterocycles. The maximum Gasteiger partial charge on any atom is 0.241 e. The third-order valence-electron chi connectivity index (χ3n) is 5.25. The zero-order valence-corrected chi connectivity index (χ0v) is 19.7. The van der Waals surface area contributed by atoms with Crippen molar-refractivity contribution in [1.29, 1.82) is 0 Å². The summed E-state index contributed by atoms with van der Waals surface area (Å²) in [5.41, 5.74) is 13.4. The second-order valence-corrected chi connectivity index (χ2v) is 10.8. The number of para-hydroxylation sites is 1. The van der Waals surface area contributed by atoms with E-state index in [9.17, 15) is 16.8 Å². The first-order valence-corrected chi connectivity index (χ1v) is 13.2. The molecular weight excluding hydrogens is 482 g/mol. The van der Waals surface area contributed by atoms with Gasteiger partial charge in [0.05, 0.1) is 16.6 Å². The molecule has 3 aromatic rings. The summed E-state index contributed by atoms with van der Waals surface area (Å²) in [5.74, 6) is 0.0890. The first-order valence-electron chi connectivity index (χ1n) is 10.1. The summed E-state index contributed by atoms with van der Waals surface area (Å²) < 4.78 is 54.3. The Balaban J connectivity index is 2.05. The number of aromatic amines is 1. The Morgan fingerprint density at radius 3 is 2.56 bits per heavy atom. The van der Waals surface area contributed by atoms with E-state index >= 15 is 0 Å². The Morgan fingerprint density at radius 2 is 1.91 bits per heavy atom. The predicted octanol–water partition coefficient (Wildman–Crippen LogP) is 0.645. The Morgan fingerprint density at radius 1 is 1.15 bits per heavy atom. The maximum atomic E-state index is 13.1. The molecule has 1 aliphatic rings. The number of imidazole rings is 1. The van der Waals surface area contributed by atoms with E-state index in [2.05, 4.69) is 29.9 Å². The number of aliphatic imine (C=N–C) groups is 1. The molecule has 0 saturated heterocycles. The highest BCUT2D eigenvalue weighted by molar-refractivity contribution is 7.92. The van der Waals surface area contributed by atoms with Gasteiger partial charge in [0.2, 0.25) is 20.0 Å². The number of hydrogen-bond acceptors (Lipinski definition) is 10. The van der Waals surface area contributed by atoms with Crippen LogP contribution < -0.4 is 21.3 Å². The predicted molar refractivity (Wildman–Crippen MR) is 127 cm³/mol. The van der Waals surface area contributed by atoms with Gasteiger partial charge in [-0.05, 0) is 24.1 Å². The molecule has 4 rings (SSSR count). The van der Waals surface area contributed by atoms with E-state index in [1.54, 1.807) is 25.1 Å². The quantitative estimate of drug-likeness (QED) is 0.293. The first-order chi connectivity index (χ1) is 16.0. The van der Waals surface area contributed by atoms with Gasteiger partial charge in [-0.2, -0.15) is 5.11 Å². The van der Waals surface area contributed by atoms with Crippen molar-refractivity contribution in [2.45, 2.75) is 29.2 Å². The van der Waals surface area contributed by atoms with Crippen LogP contribution in [0.15, 0.2) is 55.3 Å². The first kappa shape index (κ1) is 23.9. The molecule has 1 aromatic heterocycles. The Labute approximate surface area is 195 Å². The van der Waals surface area contributed by atoms with Crippen molar-refractivity contribution in [3.63, 3.8) is 0 Å². The SMILES string of the molecule is CC[C@H](N)CNS(=O)(=O)c1ccc(-c2cccc3[nH]c(N)nc23)c(C2=NCN=N2)c1S(N)(=O)=O. The molecule has 8 N–H and O–H groups in total. The molecular formula is C19H23N9O4S2. The molecule has 15 heteroatoms. The number of primary sulfonamides is 1. The average molecular weight is 506 g/mol. The van der Waals surface area contributed by atoms with Crippen LogP contribution in [0.4, 0.5) is 5.95 Å². The Kier molecular flexibility index (Phi) is 6.22. The minimum Gasteiger partial charge on any atom is -0.369 e. The molecule has 13 nitrogen and oxygen atoms in total. The van der Waals surface area contributed by atoms with Crippen LogP contribution in [0.3, 0.4) is 0 Å². The third-order valence-corrected chi connectivity index (χ3v) is 7.84. The van der Waals surface area contributed by atoms with Crippen LogP contribution in [0.25, 0.3) is 22.2 Å². The monoisotopic (exact) mass is 505 g/mol. The average Bonchev–Trinajstić information content (AvgIpc) is 3.44. The van der Waals surface area contributed by atoms with Crippen LogP contribution in [-0.4, -0.2) is 51.9 Å². The molecule has 0 amide bonds. The van der Waals surface area contributed by atoms with E-state index in [-0.39, 0.29) is 30.6 Å². The number of H-pyrrole nitrogens is 1. The molecule has 0 saturated carbocycles. The topological polar surface area (TPSA) is 224 Å². The lowest BCUT2D eigenvalue weighted by Crippen LogP contribution is -2.37. The number of nitrogens with zero attached hydrogens (tertiary/aromatic N) is 4. The number of sulfonamides is 2. The van der Waals surface area contributed by atoms with E-state index in [0.717, 1.165) is 0 Å². The number of benzene rings is 2. The van der Waals surface area contributed by atoms with Crippen LogP contribution in [0.5, 0.6) is 0 Å². The largest absolute Gasteiger partial charge is 0.369 e.